The molecule has 3 aromatic rings. The molecule has 106 valence electrons. The molecule has 3 nitrogen and oxygen atoms in total. The molecule has 21 heavy (non-hydrogen) atoms. The fraction of sp³-hybridized carbons (Fsp3) is 0.118. The number of halogens is 1. The standard InChI is InChI=1S/C17H14BrNO2/c1-21-16-9-12(18)5-6-15(16)17(20)14-4-2-3-11-10-19-8-7-13(11)14/h2-10,17,20H,1H3. The van der Waals surface area contributed by atoms with E-state index in [0.717, 1.165) is 26.4 Å². The molecule has 0 aliphatic rings. The second-order valence-corrected chi connectivity index (χ2v) is 5.65. The molecule has 0 bridgehead atoms. The van der Waals surface area contributed by atoms with E-state index in [9.17, 15) is 5.11 Å². The number of pyridine rings is 1. The summed E-state index contributed by atoms with van der Waals surface area (Å²) in [4.78, 5) is 4.12. The first-order valence-corrected chi connectivity index (χ1v) is 7.34. The van der Waals surface area contributed by atoms with Gasteiger partial charge < -0.3 is 9.84 Å². The highest BCUT2D eigenvalue weighted by Crippen LogP contribution is 2.34. The summed E-state index contributed by atoms with van der Waals surface area (Å²) in [5.74, 6) is 0.655. The summed E-state index contributed by atoms with van der Waals surface area (Å²) in [6.45, 7) is 0. The number of nitrogens with zero attached hydrogens (tertiary/aromatic N) is 1. The zero-order valence-electron chi connectivity index (χ0n) is 11.5. The summed E-state index contributed by atoms with van der Waals surface area (Å²) < 4.78 is 6.29. The number of fused-ring (bicyclic) bond motifs is 1. The molecule has 3 rings (SSSR count). The topological polar surface area (TPSA) is 42.4 Å². The molecule has 1 atom stereocenters. The van der Waals surface area contributed by atoms with Crippen LogP contribution in [0, 0.1) is 0 Å². The van der Waals surface area contributed by atoms with Crippen LogP contribution < -0.4 is 4.74 Å². The number of aliphatic hydroxyl groups excluding tert-OH is 1. The second kappa shape index (κ2) is 5.84. The van der Waals surface area contributed by atoms with Crippen molar-refractivity contribution in [3.05, 3.63) is 70.5 Å². The molecule has 4 heteroatoms. The smallest absolute Gasteiger partial charge is 0.126 e. The summed E-state index contributed by atoms with van der Waals surface area (Å²) in [7, 11) is 1.60. The highest BCUT2D eigenvalue weighted by atomic mass is 79.9. The van der Waals surface area contributed by atoms with Crippen LogP contribution in [0.1, 0.15) is 17.2 Å². The third-order valence-electron chi connectivity index (χ3n) is 3.50. The Labute approximate surface area is 131 Å². The predicted octanol–water partition coefficient (Wildman–Crippen LogP) is 4.09. The largest absolute Gasteiger partial charge is 0.496 e. The van der Waals surface area contributed by atoms with E-state index >= 15 is 0 Å². The lowest BCUT2D eigenvalue weighted by atomic mass is 9.96. The van der Waals surface area contributed by atoms with Crippen molar-refractivity contribution in [3.63, 3.8) is 0 Å². The number of rotatable bonds is 3. The van der Waals surface area contributed by atoms with Gasteiger partial charge >= 0.3 is 0 Å². The van der Waals surface area contributed by atoms with Gasteiger partial charge in [-0.1, -0.05) is 40.2 Å². The van der Waals surface area contributed by atoms with E-state index in [1.807, 2.05) is 42.5 Å². The lowest BCUT2D eigenvalue weighted by molar-refractivity contribution is 0.216. The number of methoxy groups -OCH3 is 1. The predicted molar refractivity (Wildman–Crippen MR) is 86.5 cm³/mol. The molecule has 1 N–H and O–H groups in total. The van der Waals surface area contributed by atoms with Crippen molar-refractivity contribution in [3.8, 4) is 5.75 Å². The molecule has 0 aliphatic carbocycles. The molecule has 0 saturated heterocycles. The maximum atomic E-state index is 10.8. The number of benzene rings is 2. The monoisotopic (exact) mass is 343 g/mol. The van der Waals surface area contributed by atoms with Crippen LogP contribution in [0.3, 0.4) is 0 Å². The van der Waals surface area contributed by atoms with Gasteiger partial charge in [-0.05, 0) is 29.1 Å². The van der Waals surface area contributed by atoms with Crippen molar-refractivity contribution in [1.29, 1.82) is 0 Å². The Morgan fingerprint density at radius 1 is 1.14 bits per heavy atom. The van der Waals surface area contributed by atoms with Crippen molar-refractivity contribution in [2.75, 3.05) is 7.11 Å². The van der Waals surface area contributed by atoms with Gasteiger partial charge in [0.1, 0.15) is 11.9 Å². The SMILES string of the molecule is COc1cc(Br)ccc1C(O)c1cccc2cnccc12. The molecule has 0 spiro atoms. The van der Waals surface area contributed by atoms with Crippen LogP contribution in [0.5, 0.6) is 5.75 Å². The molecule has 0 fully saturated rings. The zero-order valence-corrected chi connectivity index (χ0v) is 13.0. The molecule has 0 aliphatic heterocycles. The normalized spacial score (nSPS) is 12.3. The highest BCUT2D eigenvalue weighted by molar-refractivity contribution is 9.10. The summed E-state index contributed by atoms with van der Waals surface area (Å²) in [6.07, 6.45) is 2.78. The van der Waals surface area contributed by atoms with Crippen LogP contribution in [-0.4, -0.2) is 17.2 Å². The third-order valence-corrected chi connectivity index (χ3v) is 3.99. The van der Waals surface area contributed by atoms with Crippen molar-refractivity contribution in [1.82, 2.24) is 4.98 Å². The lowest BCUT2D eigenvalue weighted by Gasteiger charge is -2.17. The summed E-state index contributed by atoms with van der Waals surface area (Å²) in [5, 5.41) is 12.8. The van der Waals surface area contributed by atoms with Gasteiger partial charge in [0.15, 0.2) is 0 Å². The van der Waals surface area contributed by atoms with Crippen LogP contribution in [0.25, 0.3) is 10.8 Å². The minimum Gasteiger partial charge on any atom is -0.496 e. The molecule has 1 heterocycles. The first-order chi connectivity index (χ1) is 10.2. The fourth-order valence-electron chi connectivity index (χ4n) is 2.46. The average Bonchev–Trinajstić information content (AvgIpc) is 2.53. The Kier molecular flexibility index (Phi) is 3.90. The van der Waals surface area contributed by atoms with E-state index < -0.39 is 6.10 Å². The van der Waals surface area contributed by atoms with Crippen molar-refractivity contribution >= 4 is 26.7 Å². The summed E-state index contributed by atoms with van der Waals surface area (Å²) in [6, 6.07) is 13.4. The van der Waals surface area contributed by atoms with Crippen molar-refractivity contribution in [2.24, 2.45) is 0 Å². The van der Waals surface area contributed by atoms with Gasteiger partial charge in [-0.3, -0.25) is 4.98 Å². The van der Waals surface area contributed by atoms with E-state index in [0.29, 0.717) is 5.75 Å². The van der Waals surface area contributed by atoms with E-state index in [2.05, 4.69) is 20.9 Å². The number of ether oxygens (including phenoxy) is 1. The summed E-state index contributed by atoms with van der Waals surface area (Å²) >= 11 is 3.41. The fourth-order valence-corrected chi connectivity index (χ4v) is 2.80. The number of hydrogen-bond acceptors (Lipinski definition) is 3. The highest BCUT2D eigenvalue weighted by Gasteiger charge is 2.17. The molecule has 0 amide bonds. The Bertz CT molecular complexity index is 783. The van der Waals surface area contributed by atoms with Crippen LogP contribution in [0.15, 0.2) is 59.3 Å². The van der Waals surface area contributed by atoms with Gasteiger partial charge in [0, 0.05) is 27.8 Å². The molecule has 1 aromatic heterocycles. The van der Waals surface area contributed by atoms with Crippen LogP contribution in [0.2, 0.25) is 0 Å². The van der Waals surface area contributed by atoms with Gasteiger partial charge in [0.25, 0.3) is 0 Å². The molecular weight excluding hydrogens is 330 g/mol. The molecule has 1 unspecified atom stereocenters. The number of aromatic nitrogens is 1. The minimum atomic E-state index is -0.751. The maximum absolute atomic E-state index is 10.8. The Balaban J connectivity index is 2.15. The van der Waals surface area contributed by atoms with Crippen LogP contribution in [0.4, 0.5) is 0 Å². The molecule has 0 saturated carbocycles. The van der Waals surface area contributed by atoms with Crippen molar-refractivity contribution < 1.29 is 9.84 Å². The average molecular weight is 344 g/mol. The van der Waals surface area contributed by atoms with E-state index in [-0.39, 0.29) is 0 Å². The first-order valence-electron chi connectivity index (χ1n) is 6.55. The van der Waals surface area contributed by atoms with E-state index in [1.165, 1.54) is 0 Å². The first kappa shape index (κ1) is 14.0. The number of hydrogen-bond donors (Lipinski definition) is 1. The second-order valence-electron chi connectivity index (χ2n) is 4.73. The van der Waals surface area contributed by atoms with Gasteiger partial charge in [0.2, 0.25) is 0 Å². The van der Waals surface area contributed by atoms with Crippen molar-refractivity contribution in [2.45, 2.75) is 6.10 Å². The third kappa shape index (κ3) is 2.64. The molecule has 0 radical (unpaired) electrons. The van der Waals surface area contributed by atoms with Gasteiger partial charge in [-0.25, -0.2) is 0 Å². The van der Waals surface area contributed by atoms with E-state index in [4.69, 9.17) is 4.74 Å². The lowest BCUT2D eigenvalue weighted by Crippen LogP contribution is -2.03. The van der Waals surface area contributed by atoms with Gasteiger partial charge in [-0.15, -0.1) is 0 Å². The minimum absolute atomic E-state index is 0.655. The van der Waals surface area contributed by atoms with Crippen LogP contribution >= 0.6 is 15.9 Å². The zero-order chi connectivity index (χ0) is 14.8. The molecule has 2 aromatic carbocycles. The summed E-state index contributed by atoms with van der Waals surface area (Å²) in [5.41, 5.74) is 1.58. The van der Waals surface area contributed by atoms with Gasteiger partial charge in [0.05, 0.1) is 7.11 Å². The van der Waals surface area contributed by atoms with Crippen LogP contribution in [-0.2, 0) is 0 Å². The maximum Gasteiger partial charge on any atom is 0.126 e. The molecular formula is C17H14BrNO2. The Morgan fingerprint density at radius 3 is 2.81 bits per heavy atom. The number of aliphatic hydroxyl groups is 1. The Morgan fingerprint density at radius 2 is 2.00 bits per heavy atom. The van der Waals surface area contributed by atoms with E-state index in [1.54, 1.807) is 19.5 Å². The quantitative estimate of drug-likeness (QED) is 0.778. The Hall–Kier alpha value is -1.91. The van der Waals surface area contributed by atoms with Gasteiger partial charge in [-0.2, -0.15) is 0 Å².